The average molecular weight is 494 g/mol. The van der Waals surface area contributed by atoms with E-state index in [0.717, 1.165) is 10.7 Å². The first-order valence-corrected chi connectivity index (χ1v) is 11.7. The first-order valence-electron chi connectivity index (χ1n) is 10.9. The van der Waals surface area contributed by atoms with Gasteiger partial charge in [-0.1, -0.05) is 12.1 Å². The fourth-order valence-corrected chi connectivity index (χ4v) is 5.04. The highest BCUT2D eigenvalue weighted by molar-refractivity contribution is 7.14. The Bertz CT molecular complexity index is 1310. The lowest BCUT2D eigenvalue weighted by Gasteiger charge is -2.28. The number of aliphatic hydroxyl groups is 1. The number of benzene rings is 2. The predicted molar refractivity (Wildman–Crippen MR) is 136 cm³/mol. The zero-order valence-electron chi connectivity index (χ0n) is 20.4. The van der Waals surface area contributed by atoms with Gasteiger partial charge in [0.2, 0.25) is 5.78 Å². The molecule has 3 aromatic rings. The molecule has 1 aliphatic heterocycles. The van der Waals surface area contributed by atoms with Crippen LogP contribution in [-0.2, 0) is 4.79 Å². The van der Waals surface area contributed by atoms with Crippen molar-refractivity contribution in [3.8, 4) is 11.5 Å². The number of methoxy groups -OCH3 is 2. The van der Waals surface area contributed by atoms with Gasteiger partial charge in [-0.2, -0.15) is 0 Å². The third kappa shape index (κ3) is 4.35. The van der Waals surface area contributed by atoms with Crippen molar-refractivity contribution in [1.82, 2.24) is 4.98 Å². The number of amides is 1. The topological polar surface area (TPSA) is 92.2 Å². The highest BCUT2D eigenvalue weighted by Crippen LogP contribution is 2.44. The zero-order valence-corrected chi connectivity index (χ0v) is 21.3. The summed E-state index contributed by atoms with van der Waals surface area (Å²) in [5.74, 6) is -0.727. The minimum Gasteiger partial charge on any atom is -0.503 e. The quantitative estimate of drug-likeness (QED) is 0.480. The molecule has 0 saturated carbocycles. The maximum atomic E-state index is 13.7. The van der Waals surface area contributed by atoms with Crippen molar-refractivity contribution in [1.29, 1.82) is 0 Å². The number of rotatable bonds is 7. The van der Waals surface area contributed by atoms with Crippen LogP contribution in [0, 0.1) is 13.8 Å². The second kappa shape index (κ2) is 9.42. The Morgan fingerprint density at radius 3 is 2.14 bits per heavy atom. The number of carbonyl (C=O) groups is 2. The second-order valence-electron chi connectivity index (χ2n) is 8.37. The Labute approximate surface area is 208 Å². The molecule has 0 saturated heterocycles. The van der Waals surface area contributed by atoms with E-state index in [2.05, 4.69) is 4.98 Å². The van der Waals surface area contributed by atoms with Crippen molar-refractivity contribution in [2.45, 2.75) is 19.9 Å². The molecule has 0 aliphatic carbocycles. The van der Waals surface area contributed by atoms with E-state index in [0.29, 0.717) is 33.3 Å². The number of carbonyl (C=O) groups excluding carboxylic acids is 2. The van der Waals surface area contributed by atoms with Crippen LogP contribution in [0.25, 0.3) is 0 Å². The molecule has 1 N–H and O–H groups in total. The van der Waals surface area contributed by atoms with E-state index < -0.39 is 23.5 Å². The van der Waals surface area contributed by atoms with E-state index in [9.17, 15) is 14.7 Å². The highest BCUT2D eigenvalue weighted by Gasteiger charge is 2.45. The van der Waals surface area contributed by atoms with Crippen LogP contribution in [0.1, 0.15) is 32.0 Å². The molecular formula is C26H27N3O5S. The van der Waals surface area contributed by atoms with Crippen LogP contribution >= 0.6 is 11.3 Å². The molecule has 35 heavy (non-hydrogen) atoms. The maximum Gasteiger partial charge on any atom is 0.294 e. The van der Waals surface area contributed by atoms with Gasteiger partial charge in [0, 0.05) is 38.0 Å². The molecule has 1 atom stereocenters. The number of anilines is 2. The summed E-state index contributed by atoms with van der Waals surface area (Å²) >= 11 is 1.24. The fraction of sp³-hybridized carbons (Fsp3) is 0.269. The molecule has 1 amide bonds. The Kier molecular flexibility index (Phi) is 6.53. The molecule has 0 spiro atoms. The molecule has 2 aromatic carbocycles. The standard InChI is InChI=1S/C26H27N3O5S/c1-14-25(35-15(2)27-14)23(30)21-22(16-7-9-17(10-8-16)28(3)4)29(26(32)24(21)31)18-11-19(33-5)13-20(12-18)34-6/h7-13,22,31H,1-6H3. The van der Waals surface area contributed by atoms with E-state index in [1.54, 1.807) is 25.1 Å². The third-order valence-corrected chi connectivity index (χ3v) is 6.97. The predicted octanol–water partition coefficient (Wildman–Crippen LogP) is 4.63. The van der Waals surface area contributed by atoms with E-state index in [4.69, 9.17) is 9.47 Å². The Hall–Kier alpha value is -3.85. The van der Waals surface area contributed by atoms with Gasteiger partial charge in [0.05, 0.1) is 47.1 Å². The molecular weight excluding hydrogens is 466 g/mol. The number of aliphatic hydroxyl groups excluding tert-OH is 1. The number of hydrogen-bond acceptors (Lipinski definition) is 8. The molecule has 9 heteroatoms. The summed E-state index contributed by atoms with van der Waals surface area (Å²) in [6.45, 7) is 3.56. The molecule has 2 heterocycles. The van der Waals surface area contributed by atoms with Gasteiger partial charge in [0.1, 0.15) is 11.5 Å². The van der Waals surface area contributed by atoms with Crippen LogP contribution in [0.15, 0.2) is 53.8 Å². The minimum atomic E-state index is -0.857. The lowest BCUT2D eigenvalue weighted by molar-refractivity contribution is -0.117. The molecule has 0 radical (unpaired) electrons. The van der Waals surface area contributed by atoms with Gasteiger partial charge in [0.25, 0.3) is 5.91 Å². The van der Waals surface area contributed by atoms with Gasteiger partial charge < -0.3 is 19.5 Å². The van der Waals surface area contributed by atoms with Crippen molar-refractivity contribution >= 4 is 34.4 Å². The highest BCUT2D eigenvalue weighted by atomic mass is 32.1. The lowest BCUT2D eigenvalue weighted by Crippen LogP contribution is -2.31. The number of Topliss-reactive ketones (excluding diaryl/α,β-unsaturated/α-hetero) is 1. The van der Waals surface area contributed by atoms with E-state index in [1.165, 1.54) is 30.5 Å². The number of ether oxygens (including phenoxy) is 2. The van der Waals surface area contributed by atoms with E-state index in [1.807, 2.05) is 50.2 Å². The van der Waals surface area contributed by atoms with Crippen LogP contribution in [0.4, 0.5) is 11.4 Å². The number of aryl methyl sites for hydroxylation is 2. The van der Waals surface area contributed by atoms with Gasteiger partial charge >= 0.3 is 0 Å². The summed E-state index contributed by atoms with van der Waals surface area (Å²) in [4.78, 5) is 35.3. The Morgan fingerprint density at radius 1 is 1.06 bits per heavy atom. The van der Waals surface area contributed by atoms with E-state index in [-0.39, 0.29) is 5.57 Å². The van der Waals surface area contributed by atoms with Gasteiger partial charge in [-0.15, -0.1) is 11.3 Å². The van der Waals surface area contributed by atoms with Crippen LogP contribution in [-0.4, -0.2) is 50.1 Å². The molecule has 4 rings (SSSR count). The van der Waals surface area contributed by atoms with Gasteiger partial charge in [-0.05, 0) is 31.5 Å². The smallest absolute Gasteiger partial charge is 0.294 e. The molecule has 0 bridgehead atoms. The largest absolute Gasteiger partial charge is 0.503 e. The van der Waals surface area contributed by atoms with Gasteiger partial charge in [-0.25, -0.2) is 4.98 Å². The summed E-state index contributed by atoms with van der Waals surface area (Å²) in [7, 11) is 6.89. The van der Waals surface area contributed by atoms with Crippen LogP contribution < -0.4 is 19.3 Å². The molecule has 0 fully saturated rings. The number of ketones is 1. The summed E-state index contributed by atoms with van der Waals surface area (Å²) in [5.41, 5.74) is 2.65. The number of thiazole rings is 1. The van der Waals surface area contributed by atoms with Gasteiger partial charge in [-0.3, -0.25) is 14.5 Å². The molecule has 1 aromatic heterocycles. The molecule has 1 aliphatic rings. The summed E-state index contributed by atoms with van der Waals surface area (Å²) in [6.07, 6.45) is 0. The van der Waals surface area contributed by atoms with Crippen molar-refractivity contribution in [2.75, 3.05) is 38.1 Å². The monoisotopic (exact) mass is 493 g/mol. The van der Waals surface area contributed by atoms with Crippen LogP contribution in [0.3, 0.4) is 0 Å². The lowest BCUT2D eigenvalue weighted by atomic mass is 9.94. The van der Waals surface area contributed by atoms with Crippen molar-refractivity contribution < 1.29 is 24.2 Å². The number of hydrogen-bond donors (Lipinski definition) is 1. The first kappa shape index (κ1) is 24.3. The normalized spacial score (nSPS) is 15.5. The maximum absolute atomic E-state index is 13.7. The average Bonchev–Trinajstić information content (AvgIpc) is 3.33. The summed E-state index contributed by atoms with van der Waals surface area (Å²) < 4.78 is 10.8. The SMILES string of the molecule is COc1cc(OC)cc(N2C(=O)C(O)=C(C(=O)c3sc(C)nc3C)C2c2ccc(N(C)C)cc2)c1. The molecule has 182 valence electrons. The summed E-state index contributed by atoms with van der Waals surface area (Å²) in [6, 6.07) is 11.7. The third-order valence-electron chi connectivity index (χ3n) is 5.90. The van der Waals surface area contributed by atoms with E-state index >= 15 is 0 Å². The van der Waals surface area contributed by atoms with Crippen molar-refractivity contribution in [2.24, 2.45) is 0 Å². The van der Waals surface area contributed by atoms with Crippen molar-refractivity contribution in [3.63, 3.8) is 0 Å². The fourth-order valence-electron chi connectivity index (χ4n) is 4.17. The minimum absolute atomic E-state index is 0.0149. The Balaban J connectivity index is 1.91. The molecule has 1 unspecified atom stereocenters. The second-order valence-corrected chi connectivity index (χ2v) is 9.58. The van der Waals surface area contributed by atoms with Crippen LogP contribution in [0.5, 0.6) is 11.5 Å². The van der Waals surface area contributed by atoms with Crippen molar-refractivity contribution in [3.05, 3.63) is 74.9 Å². The Morgan fingerprint density at radius 2 is 1.66 bits per heavy atom. The summed E-state index contributed by atoms with van der Waals surface area (Å²) in [5, 5.41) is 11.8. The first-order chi connectivity index (χ1) is 16.7. The van der Waals surface area contributed by atoms with Gasteiger partial charge in [0.15, 0.2) is 5.76 Å². The zero-order chi connectivity index (χ0) is 25.4. The molecule has 8 nitrogen and oxygen atoms in total. The van der Waals surface area contributed by atoms with Crippen LogP contribution in [0.2, 0.25) is 0 Å². The number of aromatic nitrogens is 1. The number of nitrogens with zero attached hydrogens (tertiary/aromatic N) is 3.